The maximum atomic E-state index is 11.3. The average Bonchev–Trinajstić information content (AvgIpc) is 2.39. The summed E-state index contributed by atoms with van der Waals surface area (Å²) in [6.07, 6.45) is 1.24. The number of aliphatic hydroxyl groups is 1. The topological polar surface area (TPSA) is 84.9 Å². The molecule has 0 radical (unpaired) electrons. The van der Waals surface area contributed by atoms with Crippen molar-refractivity contribution >= 4 is 11.9 Å². The molecule has 1 rings (SSSR count). The van der Waals surface area contributed by atoms with Crippen LogP contribution in [0.1, 0.15) is 32.6 Å². The third kappa shape index (κ3) is 4.27. The van der Waals surface area contributed by atoms with Crippen molar-refractivity contribution in [1.29, 1.82) is 0 Å². The number of carbonyl (C=O) groups is 2. The van der Waals surface area contributed by atoms with Gasteiger partial charge in [-0.1, -0.05) is 6.92 Å². The maximum Gasteiger partial charge on any atom is 0.308 e. The zero-order valence-corrected chi connectivity index (χ0v) is 10.8. The molecule has 0 spiro atoms. The fraction of sp³-hybridized carbons (Fsp3) is 0.833. The molecule has 1 heterocycles. The van der Waals surface area contributed by atoms with Gasteiger partial charge in [0.1, 0.15) is 6.10 Å². The zero-order chi connectivity index (χ0) is 13.5. The zero-order valence-electron chi connectivity index (χ0n) is 10.8. The minimum Gasteiger partial charge on any atom is -0.469 e. The summed E-state index contributed by atoms with van der Waals surface area (Å²) in [5, 5.41) is 12.1. The van der Waals surface area contributed by atoms with Crippen LogP contribution in [-0.4, -0.2) is 48.9 Å². The van der Waals surface area contributed by atoms with Crippen LogP contribution in [0.4, 0.5) is 0 Å². The molecule has 0 aromatic rings. The van der Waals surface area contributed by atoms with Gasteiger partial charge in [-0.25, -0.2) is 0 Å². The van der Waals surface area contributed by atoms with Crippen molar-refractivity contribution in [3.8, 4) is 0 Å². The molecule has 0 aliphatic carbocycles. The molecular weight excluding hydrogens is 238 g/mol. The second-order valence-electron chi connectivity index (χ2n) is 4.36. The Labute approximate surface area is 107 Å². The molecule has 1 saturated heterocycles. The number of aliphatic hydroxyl groups excluding tert-OH is 1. The first-order valence-corrected chi connectivity index (χ1v) is 6.23. The van der Waals surface area contributed by atoms with Crippen LogP contribution < -0.4 is 5.32 Å². The van der Waals surface area contributed by atoms with Gasteiger partial charge in [0.05, 0.1) is 32.3 Å². The number of rotatable bonds is 5. The first kappa shape index (κ1) is 14.9. The van der Waals surface area contributed by atoms with E-state index in [1.807, 2.05) is 0 Å². The minimum atomic E-state index is -0.455. The molecule has 2 N–H and O–H groups in total. The highest BCUT2D eigenvalue weighted by atomic mass is 16.5. The predicted molar refractivity (Wildman–Crippen MR) is 63.8 cm³/mol. The highest BCUT2D eigenvalue weighted by Crippen LogP contribution is 2.22. The molecule has 0 saturated carbocycles. The van der Waals surface area contributed by atoms with Gasteiger partial charge in [-0.2, -0.15) is 0 Å². The summed E-state index contributed by atoms with van der Waals surface area (Å²) in [6.45, 7) is 1.60. The van der Waals surface area contributed by atoms with E-state index in [9.17, 15) is 14.7 Å². The van der Waals surface area contributed by atoms with Crippen LogP contribution >= 0.6 is 0 Å². The maximum absolute atomic E-state index is 11.3. The number of esters is 1. The summed E-state index contributed by atoms with van der Waals surface area (Å²) in [6, 6.07) is -0.184. The molecule has 104 valence electrons. The Morgan fingerprint density at radius 3 is 2.72 bits per heavy atom. The second-order valence-corrected chi connectivity index (χ2v) is 4.36. The van der Waals surface area contributed by atoms with Crippen molar-refractivity contribution < 1.29 is 24.2 Å². The van der Waals surface area contributed by atoms with Crippen LogP contribution in [0.5, 0.6) is 0 Å². The van der Waals surface area contributed by atoms with Crippen LogP contribution in [0.2, 0.25) is 0 Å². The summed E-state index contributed by atoms with van der Waals surface area (Å²) in [4.78, 5) is 22.5. The molecule has 6 nitrogen and oxygen atoms in total. The third-order valence-corrected chi connectivity index (χ3v) is 3.09. The number of hydrogen-bond donors (Lipinski definition) is 2. The Morgan fingerprint density at radius 1 is 1.44 bits per heavy atom. The number of methoxy groups -OCH3 is 1. The highest BCUT2D eigenvalue weighted by Gasteiger charge is 2.32. The fourth-order valence-electron chi connectivity index (χ4n) is 2.03. The molecule has 6 heteroatoms. The van der Waals surface area contributed by atoms with Gasteiger partial charge < -0.3 is 19.9 Å². The Balaban J connectivity index is 2.48. The largest absolute Gasteiger partial charge is 0.469 e. The molecule has 18 heavy (non-hydrogen) atoms. The first-order valence-electron chi connectivity index (χ1n) is 6.23. The Hall–Kier alpha value is -1.14. The molecule has 0 aromatic carbocycles. The normalized spacial score (nSPS) is 27.6. The molecular formula is C12H21NO5. The number of carbonyl (C=O) groups excluding carboxylic acids is 2. The van der Waals surface area contributed by atoms with Crippen molar-refractivity contribution in [3.05, 3.63) is 0 Å². The van der Waals surface area contributed by atoms with Gasteiger partial charge in [-0.3, -0.25) is 9.59 Å². The van der Waals surface area contributed by atoms with Gasteiger partial charge in [-0.05, 0) is 12.8 Å². The molecule has 1 fully saturated rings. The third-order valence-electron chi connectivity index (χ3n) is 3.09. The average molecular weight is 259 g/mol. The van der Waals surface area contributed by atoms with Gasteiger partial charge >= 0.3 is 5.97 Å². The lowest BCUT2D eigenvalue weighted by Crippen LogP contribution is -2.51. The highest BCUT2D eigenvalue weighted by molar-refractivity contribution is 5.75. The summed E-state index contributed by atoms with van der Waals surface area (Å²) in [5.41, 5.74) is 0. The van der Waals surface area contributed by atoms with E-state index < -0.39 is 6.10 Å². The van der Waals surface area contributed by atoms with Gasteiger partial charge in [0.2, 0.25) is 5.91 Å². The van der Waals surface area contributed by atoms with Gasteiger partial charge in [0, 0.05) is 6.42 Å². The molecule has 0 unspecified atom stereocenters. The van der Waals surface area contributed by atoms with Crippen LogP contribution in [0.15, 0.2) is 0 Å². The summed E-state index contributed by atoms with van der Waals surface area (Å²) in [5.74, 6) is -0.388. The fourth-order valence-corrected chi connectivity index (χ4v) is 2.03. The molecule has 1 aliphatic rings. The van der Waals surface area contributed by atoms with Gasteiger partial charge in [0.25, 0.3) is 0 Å². The van der Waals surface area contributed by atoms with E-state index in [4.69, 9.17) is 4.74 Å². The molecule has 0 bridgehead atoms. The Kier molecular flexibility index (Phi) is 6.07. The van der Waals surface area contributed by atoms with Crippen molar-refractivity contribution in [2.24, 2.45) is 0 Å². The smallest absolute Gasteiger partial charge is 0.308 e. The second kappa shape index (κ2) is 7.33. The van der Waals surface area contributed by atoms with Crippen molar-refractivity contribution in [3.63, 3.8) is 0 Å². The Bertz CT molecular complexity index is 294. The minimum absolute atomic E-state index is 0.0616. The SMILES string of the molecule is CCC(=O)N[C@@H]1CC[C@@H](CC(=O)OC)O[C@H]1CO. The number of amides is 1. The van der Waals surface area contributed by atoms with Crippen molar-refractivity contribution in [2.75, 3.05) is 13.7 Å². The lowest BCUT2D eigenvalue weighted by Gasteiger charge is -2.35. The number of nitrogens with one attached hydrogen (secondary N) is 1. The molecule has 0 aromatic heterocycles. The summed E-state index contributed by atoms with van der Waals surface area (Å²) >= 11 is 0. The van der Waals surface area contributed by atoms with Gasteiger partial charge in [-0.15, -0.1) is 0 Å². The van der Waals surface area contributed by atoms with E-state index in [0.29, 0.717) is 19.3 Å². The van der Waals surface area contributed by atoms with E-state index >= 15 is 0 Å². The van der Waals surface area contributed by atoms with Gasteiger partial charge in [0.15, 0.2) is 0 Å². The monoisotopic (exact) mass is 259 g/mol. The summed E-state index contributed by atoms with van der Waals surface area (Å²) < 4.78 is 10.2. The molecule has 1 amide bonds. The van der Waals surface area contributed by atoms with Crippen molar-refractivity contribution in [2.45, 2.75) is 50.9 Å². The lowest BCUT2D eigenvalue weighted by molar-refractivity contribution is -0.150. The predicted octanol–water partition coefficient (Wildman–Crippen LogP) is -0.0158. The van der Waals surface area contributed by atoms with E-state index in [1.54, 1.807) is 6.92 Å². The van der Waals surface area contributed by atoms with E-state index in [0.717, 1.165) is 0 Å². The van der Waals surface area contributed by atoms with Crippen LogP contribution in [0.3, 0.4) is 0 Å². The quantitative estimate of drug-likeness (QED) is 0.678. The van der Waals surface area contributed by atoms with Crippen molar-refractivity contribution in [1.82, 2.24) is 5.32 Å². The Morgan fingerprint density at radius 2 is 2.17 bits per heavy atom. The standard InChI is InChI=1S/C12H21NO5/c1-3-11(15)13-9-5-4-8(6-12(16)17-2)18-10(9)7-14/h8-10,14H,3-7H2,1-2H3,(H,13,15)/t8-,9+,10-/m0/s1. The summed E-state index contributed by atoms with van der Waals surface area (Å²) in [7, 11) is 1.33. The van der Waals surface area contributed by atoms with E-state index in [-0.39, 0.29) is 37.0 Å². The number of hydrogen-bond acceptors (Lipinski definition) is 5. The van der Waals surface area contributed by atoms with Crippen LogP contribution in [0.25, 0.3) is 0 Å². The first-order chi connectivity index (χ1) is 8.60. The molecule has 1 aliphatic heterocycles. The lowest BCUT2D eigenvalue weighted by atomic mass is 9.97. The number of ether oxygens (including phenoxy) is 2. The van der Waals surface area contributed by atoms with E-state index in [1.165, 1.54) is 7.11 Å². The molecule has 3 atom stereocenters. The van der Waals surface area contributed by atoms with Crippen LogP contribution in [0, 0.1) is 0 Å². The van der Waals surface area contributed by atoms with E-state index in [2.05, 4.69) is 10.1 Å². The van der Waals surface area contributed by atoms with Crippen LogP contribution in [-0.2, 0) is 19.1 Å².